The van der Waals surface area contributed by atoms with Gasteiger partial charge in [0, 0.05) is 28.2 Å². The molecule has 8 heteroatoms. The number of carboxylic acids is 2. The van der Waals surface area contributed by atoms with E-state index in [0.29, 0.717) is 28.9 Å². The van der Waals surface area contributed by atoms with Crippen LogP contribution in [-0.2, 0) is 9.59 Å². The molecule has 1 heterocycles. The molecule has 1 aliphatic heterocycles. The van der Waals surface area contributed by atoms with Crippen LogP contribution < -0.4 is 9.47 Å². The van der Waals surface area contributed by atoms with Crippen LogP contribution in [0, 0.1) is 35.5 Å². The molecule has 2 saturated carbocycles. The molecule has 8 aromatic rings. The second kappa shape index (κ2) is 21.7. The Morgan fingerprint density at radius 3 is 1.29 bits per heavy atom. The Morgan fingerprint density at radius 2 is 0.857 bits per heavy atom. The lowest BCUT2D eigenvalue weighted by Crippen LogP contribution is -2.30. The zero-order chi connectivity index (χ0) is 48.7. The molecule has 360 valence electrons. The van der Waals surface area contributed by atoms with Gasteiger partial charge in [0.2, 0.25) is 0 Å². The van der Waals surface area contributed by atoms with E-state index in [0.717, 1.165) is 95.4 Å². The minimum atomic E-state index is -1.20. The zero-order valence-electron chi connectivity index (χ0n) is 40.2. The summed E-state index contributed by atoms with van der Waals surface area (Å²) in [7, 11) is 0. The Balaban J connectivity index is 0.000000142. The van der Waals surface area contributed by atoms with Gasteiger partial charge in [-0.05, 0) is 117 Å². The number of hydrogen-bond acceptors (Lipinski definition) is 6. The third-order valence-electron chi connectivity index (χ3n) is 15.2. The van der Waals surface area contributed by atoms with Crippen LogP contribution in [0.4, 0.5) is 0 Å². The summed E-state index contributed by atoms with van der Waals surface area (Å²) in [6, 6.07) is 48.8. The molecule has 8 aromatic carbocycles. The molecular formula is C62H64O8. The molecule has 0 saturated heterocycles. The van der Waals surface area contributed by atoms with E-state index in [4.69, 9.17) is 19.7 Å². The van der Waals surface area contributed by atoms with Gasteiger partial charge >= 0.3 is 11.9 Å². The number of carboxylic acid groups (broad SMARTS) is 2. The van der Waals surface area contributed by atoms with Gasteiger partial charge in [0.25, 0.3) is 0 Å². The van der Waals surface area contributed by atoms with Gasteiger partial charge in [-0.1, -0.05) is 174 Å². The van der Waals surface area contributed by atoms with Crippen molar-refractivity contribution < 1.29 is 39.5 Å². The minimum Gasteiger partial charge on any atom is -0.507 e. The number of benzene rings is 8. The number of fused-ring (bicyclic) bond motifs is 9. The monoisotopic (exact) mass is 936 g/mol. The van der Waals surface area contributed by atoms with Crippen LogP contribution in [0.25, 0.3) is 65.3 Å². The van der Waals surface area contributed by atoms with E-state index >= 15 is 0 Å². The number of phenols is 2. The Bertz CT molecular complexity index is 2950. The van der Waals surface area contributed by atoms with E-state index < -0.39 is 17.9 Å². The summed E-state index contributed by atoms with van der Waals surface area (Å²) in [5.41, 5.74) is 3.67. The van der Waals surface area contributed by atoms with Gasteiger partial charge < -0.3 is 29.9 Å². The van der Waals surface area contributed by atoms with Gasteiger partial charge in [-0.25, -0.2) is 0 Å². The van der Waals surface area contributed by atoms with E-state index in [1.54, 1.807) is 12.1 Å². The van der Waals surface area contributed by atoms with Crippen LogP contribution in [0.15, 0.2) is 146 Å². The molecule has 0 bridgehead atoms. The van der Waals surface area contributed by atoms with Crippen LogP contribution in [0.1, 0.15) is 78.1 Å². The zero-order valence-corrected chi connectivity index (χ0v) is 40.2. The first-order valence-corrected chi connectivity index (χ1v) is 25.3. The number of carbonyl (C=O) groups is 2. The summed E-state index contributed by atoms with van der Waals surface area (Å²) in [6.07, 6.45) is 11.3. The fraction of sp³-hybridized carbons (Fsp3) is 0.323. The Hall–Kier alpha value is -7.06. The summed E-state index contributed by atoms with van der Waals surface area (Å²) >= 11 is 0. The van der Waals surface area contributed by atoms with E-state index in [-0.39, 0.29) is 17.4 Å². The summed E-state index contributed by atoms with van der Waals surface area (Å²) in [5.74, 6) is 1.06. The van der Waals surface area contributed by atoms with E-state index in [1.165, 1.54) is 53.6 Å². The molecule has 4 N–H and O–H groups in total. The third-order valence-corrected chi connectivity index (χ3v) is 15.2. The molecular weight excluding hydrogens is 873 g/mol. The third kappa shape index (κ3) is 10.1. The molecule has 4 unspecified atom stereocenters. The van der Waals surface area contributed by atoms with Crippen molar-refractivity contribution in [1.82, 2.24) is 0 Å². The first kappa shape index (κ1) is 48.0. The Morgan fingerprint density at radius 1 is 0.471 bits per heavy atom. The fourth-order valence-electron chi connectivity index (χ4n) is 11.8. The van der Waals surface area contributed by atoms with Crippen molar-refractivity contribution in [2.24, 2.45) is 35.5 Å². The highest BCUT2D eigenvalue weighted by molar-refractivity contribution is 6.11. The van der Waals surface area contributed by atoms with Crippen molar-refractivity contribution in [2.75, 3.05) is 13.2 Å². The van der Waals surface area contributed by atoms with Gasteiger partial charge in [0.1, 0.15) is 23.0 Å². The molecule has 4 atom stereocenters. The molecule has 8 nitrogen and oxygen atoms in total. The number of phenolic OH excluding ortho intramolecular Hbond substituents is 2. The second-order valence-corrected chi connectivity index (χ2v) is 19.7. The Kier molecular flexibility index (Phi) is 14.9. The van der Waals surface area contributed by atoms with Crippen molar-refractivity contribution in [2.45, 2.75) is 78.1 Å². The smallest absolute Gasteiger partial charge is 0.318 e. The summed E-state index contributed by atoms with van der Waals surface area (Å²) in [4.78, 5) is 21.6. The predicted molar refractivity (Wildman–Crippen MR) is 282 cm³/mol. The lowest BCUT2D eigenvalue weighted by atomic mass is 9.89. The summed E-state index contributed by atoms with van der Waals surface area (Å²) in [5, 5.41) is 47.4. The molecule has 0 aromatic heterocycles. The topological polar surface area (TPSA) is 134 Å². The molecule has 2 fully saturated rings. The van der Waals surface area contributed by atoms with Crippen LogP contribution >= 0.6 is 0 Å². The van der Waals surface area contributed by atoms with Crippen LogP contribution in [0.5, 0.6) is 23.0 Å². The van der Waals surface area contributed by atoms with Crippen LogP contribution in [0.3, 0.4) is 0 Å². The molecule has 70 heavy (non-hydrogen) atoms. The van der Waals surface area contributed by atoms with E-state index in [1.807, 2.05) is 60.7 Å². The number of rotatable bonds is 9. The van der Waals surface area contributed by atoms with Gasteiger partial charge in [0.15, 0.2) is 5.92 Å². The number of ether oxygens (including phenoxy) is 2. The van der Waals surface area contributed by atoms with Gasteiger partial charge in [0.05, 0.1) is 13.2 Å². The first-order chi connectivity index (χ1) is 34.1. The molecule has 3 aliphatic rings. The van der Waals surface area contributed by atoms with Crippen molar-refractivity contribution >= 4 is 55.0 Å². The van der Waals surface area contributed by atoms with Crippen molar-refractivity contribution in [1.29, 1.82) is 0 Å². The predicted octanol–water partition coefficient (Wildman–Crippen LogP) is 15.3. The van der Waals surface area contributed by atoms with Gasteiger partial charge in [-0.3, -0.25) is 9.59 Å². The lowest BCUT2D eigenvalue weighted by molar-refractivity contribution is -0.157. The Labute approximate surface area is 410 Å². The van der Waals surface area contributed by atoms with Crippen molar-refractivity contribution in [3.8, 4) is 45.3 Å². The molecule has 0 amide bonds. The quantitative estimate of drug-likeness (QED) is 0.105. The highest BCUT2D eigenvalue weighted by atomic mass is 16.5. The van der Waals surface area contributed by atoms with Crippen LogP contribution in [-0.4, -0.2) is 45.6 Å². The summed E-state index contributed by atoms with van der Waals surface area (Å²) < 4.78 is 13.3. The van der Waals surface area contributed by atoms with E-state index in [2.05, 4.69) is 86.6 Å². The van der Waals surface area contributed by atoms with Crippen molar-refractivity contribution in [3.63, 3.8) is 0 Å². The largest absolute Gasteiger partial charge is 0.507 e. The molecule has 0 radical (unpaired) electrons. The van der Waals surface area contributed by atoms with E-state index in [9.17, 15) is 19.8 Å². The van der Waals surface area contributed by atoms with Gasteiger partial charge in [-0.2, -0.15) is 0 Å². The van der Waals surface area contributed by atoms with Crippen LogP contribution in [0.2, 0.25) is 0 Å². The lowest BCUT2D eigenvalue weighted by Gasteiger charge is -2.23. The molecule has 2 aliphatic carbocycles. The fourth-order valence-corrected chi connectivity index (χ4v) is 11.8. The maximum absolute atomic E-state index is 10.8. The van der Waals surface area contributed by atoms with Crippen molar-refractivity contribution in [3.05, 3.63) is 146 Å². The number of aromatic hydroxyl groups is 2. The number of aliphatic carboxylic acids is 2. The highest BCUT2D eigenvalue weighted by Crippen LogP contribution is 2.48. The SMILES string of the molecule is CCCC1CCC(C(C(=O)O)C(=O)O)C1.CCCC1CCC(C2COc3ccc4ccccc4c3-c3c(ccc4ccccc34)OC2)C1.Oc1ccc2ccccc2c1-c1c(O)ccc2ccccc12. The standard InChI is InChI=1S/C31H32O2.C20H14O2.C11H18O4/c1-2-7-21-12-13-24(18-21)25-19-32-28-16-14-22-8-3-5-10-26(22)30(28)31-27-11-6-4-9-23(27)15-17-29(31)33-20-25;21-17-11-9-13-5-1-3-7-15(13)19(17)20-16-8-4-2-6-14(16)10-12-18(20)22;1-2-3-7-4-5-8(6-7)9(10(12)13)11(14)15/h3-6,8-11,14-17,21,24-25H,2,7,12-13,18-20H2,1H3;1-12,21-22H;7-9H,2-6H2,1H3,(H,12,13)(H,14,15). The summed E-state index contributed by atoms with van der Waals surface area (Å²) in [6.45, 7) is 5.85. The molecule has 0 spiro atoms. The normalized spacial score (nSPS) is 18.8. The molecule has 11 rings (SSSR count). The second-order valence-electron chi connectivity index (χ2n) is 19.7. The maximum atomic E-state index is 10.8. The minimum absolute atomic E-state index is 0.170. The number of hydrogen-bond donors (Lipinski definition) is 4. The van der Waals surface area contributed by atoms with Gasteiger partial charge in [-0.15, -0.1) is 0 Å². The first-order valence-electron chi connectivity index (χ1n) is 25.3. The average Bonchev–Trinajstić information content (AvgIpc) is 4.05. The average molecular weight is 937 g/mol. The highest BCUT2D eigenvalue weighted by Gasteiger charge is 2.39. The maximum Gasteiger partial charge on any atom is 0.318 e.